The van der Waals surface area contributed by atoms with E-state index < -0.39 is 0 Å². The van der Waals surface area contributed by atoms with E-state index in [0.717, 1.165) is 0 Å². The molecule has 0 radical (unpaired) electrons. The van der Waals surface area contributed by atoms with Crippen molar-refractivity contribution in [2.75, 3.05) is 14.2 Å². The van der Waals surface area contributed by atoms with Crippen LogP contribution in [0.2, 0.25) is 0 Å². The number of esters is 1. The molecule has 0 spiro atoms. The molecule has 4 heteroatoms. The van der Waals surface area contributed by atoms with Gasteiger partial charge in [0.05, 0.1) is 13.2 Å². The van der Waals surface area contributed by atoms with Gasteiger partial charge in [-0.05, 0) is 18.8 Å². The van der Waals surface area contributed by atoms with Gasteiger partial charge in [-0.25, -0.2) is 0 Å². The maximum absolute atomic E-state index is 11.4. The molecular formula is C11H19IO3. The van der Waals surface area contributed by atoms with Crippen molar-refractivity contribution in [3.05, 3.63) is 0 Å². The van der Waals surface area contributed by atoms with Gasteiger partial charge < -0.3 is 9.47 Å². The maximum Gasteiger partial charge on any atom is 0.321 e. The summed E-state index contributed by atoms with van der Waals surface area (Å²) in [6.07, 6.45) is 6.20. The molecule has 1 saturated carbocycles. The second-order valence-electron chi connectivity index (χ2n) is 4.02. The lowest BCUT2D eigenvalue weighted by atomic mass is 9.84. The van der Waals surface area contributed by atoms with Crippen molar-refractivity contribution in [3.8, 4) is 0 Å². The Labute approximate surface area is 105 Å². The fourth-order valence-electron chi connectivity index (χ4n) is 2.26. The summed E-state index contributed by atoms with van der Waals surface area (Å²) >= 11 is 2.13. The summed E-state index contributed by atoms with van der Waals surface area (Å²) in [5.74, 6) is 0.345. The van der Waals surface area contributed by atoms with Crippen molar-refractivity contribution in [2.45, 2.75) is 42.1 Å². The SMILES string of the molecule is COC(=O)[C@H](I)[C@H](OC)C1CCCCC1. The molecule has 0 aromatic rings. The highest BCUT2D eigenvalue weighted by atomic mass is 127. The number of rotatable bonds is 4. The highest BCUT2D eigenvalue weighted by molar-refractivity contribution is 14.1. The summed E-state index contributed by atoms with van der Waals surface area (Å²) in [4.78, 5) is 11.4. The van der Waals surface area contributed by atoms with Crippen LogP contribution in [-0.4, -0.2) is 30.2 Å². The molecule has 1 aliphatic carbocycles. The van der Waals surface area contributed by atoms with Crippen LogP contribution >= 0.6 is 22.6 Å². The summed E-state index contributed by atoms with van der Waals surface area (Å²) in [5.41, 5.74) is 0. The Balaban J connectivity index is 2.56. The molecule has 0 heterocycles. The Bertz CT molecular complexity index is 202. The molecule has 0 N–H and O–H groups in total. The van der Waals surface area contributed by atoms with E-state index in [2.05, 4.69) is 22.6 Å². The van der Waals surface area contributed by atoms with Crippen molar-refractivity contribution >= 4 is 28.6 Å². The molecule has 0 aliphatic heterocycles. The summed E-state index contributed by atoms with van der Waals surface area (Å²) < 4.78 is 10.0. The van der Waals surface area contributed by atoms with E-state index in [1.54, 1.807) is 7.11 Å². The zero-order valence-corrected chi connectivity index (χ0v) is 11.5. The monoisotopic (exact) mass is 326 g/mol. The van der Waals surface area contributed by atoms with E-state index in [-0.39, 0.29) is 16.0 Å². The second kappa shape index (κ2) is 6.68. The number of methoxy groups -OCH3 is 2. The first kappa shape index (κ1) is 13.2. The Kier molecular flexibility index (Phi) is 5.89. The molecule has 1 fully saturated rings. The smallest absolute Gasteiger partial charge is 0.321 e. The summed E-state index contributed by atoms with van der Waals surface area (Å²) in [5, 5.41) is 0. The van der Waals surface area contributed by atoms with Gasteiger partial charge >= 0.3 is 5.97 Å². The molecule has 0 aromatic heterocycles. The fraction of sp³-hybridized carbons (Fsp3) is 0.909. The average molecular weight is 326 g/mol. The van der Waals surface area contributed by atoms with Crippen LogP contribution in [0.3, 0.4) is 0 Å². The number of halogens is 1. The minimum atomic E-state index is -0.180. The van der Waals surface area contributed by atoms with Crippen molar-refractivity contribution in [1.29, 1.82) is 0 Å². The first-order chi connectivity index (χ1) is 7.20. The predicted octanol–water partition coefficient (Wildman–Crippen LogP) is 2.56. The molecule has 0 saturated heterocycles. The summed E-state index contributed by atoms with van der Waals surface area (Å²) in [6.45, 7) is 0. The Hall–Kier alpha value is 0.160. The molecule has 2 atom stereocenters. The lowest BCUT2D eigenvalue weighted by molar-refractivity contribution is -0.143. The lowest BCUT2D eigenvalue weighted by Gasteiger charge is -2.31. The van der Waals surface area contributed by atoms with E-state index in [1.807, 2.05) is 0 Å². The third-order valence-corrected chi connectivity index (χ3v) is 4.32. The van der Waals surface area contributed by atoms with Crippen LogP contribution < -0.4 is 0 Å². The molecule has 0 aromatic carbocycles. The van der Waals surface area contributed by atoms with Crippen LogP contribution in [-0.2, 0) is 14.3 Å². The first-order valence-corrected chi connectivity index (χ1v) is 6.70. The van der Waals surface area contributed by atoms with Crippen LogP contribution in [0, 0.1) is 5.92 Å². The molecule has 15 heavy (non-hydrogen) atoms. The van der Waals surface area contributed by atoms with Crippen molar-refractivity contribution in [3.63, 3.8) is 0 Å². The lowest BCUT2D eigenvalue weighted by Crippen LogP contribution is -2.38. The van der Waals surface area contributed by atoms with Gasteiger partial charge in [-0.1, -0.05) is 41.9 Å². The molecule has 3 nitrogen and oxygen atoms in total. The number of alkyl halides is 1. The van der Waals surface area contributed by atoms with Gasteiger partial charge in [0.15, 0.2) is 0 Å². The Morgan fingerprint density at radius 2 is 1.87 bits per heavy atom. The highest BCUT2D eigenvalue weighted by Gasteiger charge is 2.33. The Morgan fingerprint density at radius 1 is 1.27 bits per heavy atom. The molecule has 0 bridgehead atoms. The number of ether oxygens (including phenoxy) is 2. The first-order valence-electron chi connectivity index (χ1n) is 5.45. The van der Waals surface area contributed by atoms with Crippen molar-refractivity contribution in [1.82, 2.24) is 0 Å². The summed E-state index contributed by atoms with van der Waals surface area (Å²) in [6, 6.07) is 0. The zero-order chi connectivity index (χ0) is 11.3. The topological polar surface area (TPSA) is 35.5 Å². The van der Waals surface area contributed by atoms with Gasteiger partial charge in [-0.2, -0.15) is 0 Å². The average Bonchev–Trinajstić information content (AvgIpc) is 2.30. The van der Waals surface area contributed by atoms with E-state index in [0.29, 0.717) is 5.92 Å². The molecule has 0 amide bonds. The fourth-order valence-corrected chi connectivity index (χ4v) is 3.40. The van der Waals surface area contributed by atoms with Crippen LogP contribution in [0.5, 0.6) is 0 Å². The highest BCUT2D eigenvalue weighted by Crippen LogP contribution is 2.31. The minimum absolute atomic E-state index is 0.0124. The van der Waals surface area contributed by atoms with Crippen LogP contribution in [0.15, 0.2) is 0 Å². The van der Waals surface area contributed by atoms with Crippen LogP contribution in [0.25, 0.3) is 0 Å². The Morgan fingerprint density at radius 3 is 2.33 bits per heavy atom. The van der Waals surface area contributed by atoms with Gasteiger partial charge in [-0.3, -0.25) is 4.79 Å². The van der Waals surface area contributed by atoms with Gasteiger partial charge in [0, 0.05) is 7.11 Å². The van der Waals surface area contributed by atoms with Gasteiger partial charge in [0.1, 0.15) is 3.92 Å². The normalized spacial score (nSPS) is 22.1. The maximum atomic E-state index is 11.4. The van der Waals surface area contributed by atoms with Gasteiger partial charge in [-0.15, -0.1) is 0 Å². The molecule has 1 rings (SSSR count). The third-order valence-electron chi connectivity index (χ3n) is 3.10. The quantitative estimate of drug-likeness (QED) is 0.452. The third kappa shape index (κ3) is 3.59. The summed E-state index contributed by atoms with van der Waals surface area (Å²) in [7, 11) is 3.12. The van der Waals surface area contributed by atoms with Gasteiger partial charge in [0.2, 0.25) is 0 Å². The van der Waals surface area contributed by atoms with E-state index in [1.165, 1.54) is 39.2 Å². The second-order valence-corrected chi connectivity index (χ2v) is 5.37. The molecular weight excluding hydrogens is 307 g/mol. The van der Waals surface area contributed by atoms with E-state index >= 15 is 0 Å². The van der Waals surface area contributed by atoms with Crippen molar-refractivity contribution in [2.24, 2.45) is 5.92 Å². The number of carbonyl (C=O) groups excluding carboxylic acids is 1. The van der Waals surface area contributed by atoms with Crippen LogP contribution in [0.1, 0.15) is 32.1 Å². The van der Waals surface area contributed by atoms with E-state index in [4.69, 9.17) is 9.47 Å². The minimum Gasteiger partial charge on any atom is -0.468 e. The number of carbonyl (C=O) groups is 1. The van der Waals surface area contributed by atoms with Crippen LogP contribution in [0.4, 0.5) is 0 Å². The molecule has 0 unspecified atom stereocenters. The predicted molar refractivity (Wildman–Crippen MR) is 67.2 cm³/mol. The largest absolute Gasteiger partial charge is 0.468 e. The number of hydrogen-bond acceptors (Lipinski definition) is 3. The zero-order valence-electron chi connectivity index (χ0n) is 9.37. The molecule has 88 valence electrons. The number of hydrogen-bond donors (Lipinski definition) is 0. The standard InChI is InChI=1S/C11H19IO3/c1-14-10(9(12)11(13)15-2)8-6-4-3-5-7-8/h8-10H,3-7H2,1-2H3/t9-,10-/m1/s1. The van der Waals surface area contributed by atoms with Crippen molar-refractivity contribution < 1.29 is 14.3 Å². The molecule has 1 aliphatic rings. The van der Waals surface area contributed by atoms with E-state index in [9.17, 15) is 4.79 Å². The van der Waals surface area contributed by atoms with Gasteiger partial charge in [0.25, 0.3) is 0 Å².